The molecule has 9 heteroatoms. The van der Waals surface area contributed by atoms with E-state index in [9.17, 15) is 19.7 Å². The van der Waals surface area contributed by atoms with Crippen LogP contribution in [0.2, 0.25) is 5.02 Å². The fourth-order valence-electron chi connectivity index (χ4n) is 2.93. The van der Waals surface area contributed by atoms with Crippen molar-refractivity contribution in [2.45, 2.75) is 26.2 Å². The lowest BCUT2D eigenvalue weighted by molar-refractivity contribution is -0.385. The van der Waals surface area contributed by atoms with E-state index in [-0.39, 0.29) is 22.9 Å². The number of carbonyl (C=O) groups excluding carboxylic acids is 2. The number of hydrogen-bond donors (Lipinski definition) is 1. The Balaban J connectivity index is 1.97. The van der Waals surface area contributed by atoms with Crippen molar-refractivity contribution in [3.63, 3.8) is 0 Å². The van der Waals surface area contributed by atoms with E-state index in [1.54, 1.807) is 6.92 Å². The monoisotopic (exact) mass is 394 g/mol. The van der Waals surface area contributed by atoms with Crippen LogP contribution in [-0.4, -0.2) is 23.4 Å². The number of esters is 1. The van der Waals surface area contributed by atoms with Gasteiger partial charge < -0.3 is 10.1 Å². The number of nitrogens with one attached hydrogen (secondary N) is 1. The average Bonchev–Trinajstić information content (AvgIpc) is 3.15. The molecule has 0 radical (unpaired) electrons. The van der Waals surface area contributed by atoms with Gasteiger partial charge in [0.25, 0.3) is 11.6 Å². The molecule has 136 valence electrons. The van der Waals surface area contributed by atoms with E-state index in [0.29, 0.717) is 10.6 Å². The third-order valence-electron chi connectivity index (χ3n) is 4.03. The van der Waals surface area contributed by atoms with E-state index >= 15 is 0 Å². The second kappa shape index (κ2) is 7.43. The lowest BCUT2D eigenvalue weighted by Gasteiger charge is -2.08. The zero-order valence-electron chi connectivity index (χ0n) is 13.8. The Morgan fingerprint density at radius 3 is 2.85 bits per heavy atom. The maximum atomic E-state index is 12.6. The van der Waals surface area contributed by atoms with Gasteiger partial charge in [-0.05, 0) is 43.9 Å². The minimum Gasteiger partial charge on any atom is -0.462 e. The number of nitrogens with zero attached hydrogens (tertiary/aromatic N) is 1. The smallest absolute Gasteiger partial charge is 0.341 e. The molecule has 26 heavy (non-hydrogen) atoms. The summed E-state index contributed by atoms with van der Waals surface area (Å²) >= 11 is 7.19. The average molecular weight is 395 g/mol. The van der Waals surface area contributed by atoms with Crippen molar-refractivity contribution < 1.29 is 19.2 Å². The third kappa shape index (κ3) is 3.42. The first-order valence-electron chi connectivity index (χ1n) is 7.99. The van der Waals surface area contributed by atoms with Crippen LogP contribution in [0.15, 0.2) is 18.2 Å². The molecule has 0 unspecified atom stereocenters. The first-order valence-corrected chi connectivity index (χ1v) is 9.18. The van der Waals surface area contributed by atoms with E-state index in [2.05, 4.69) is 5.32 Å². The predicted molar refractivity (Wildman–Crippen MR) is 98.4 cm³/mol. The molecule has 0 spiro atoms. The van der Waals surface area contributed by atoms with Crippen LogP contribution in [-0.2, 0) is 17.6 Å². The van der Waals surface area contributed by atoms with Crippen molar-refractivity contribution in [2.24, 2.45) is 0 Å². The fraction of sp³-hybridized carbons (Fsp3) is 0.294. The molecule has 0 bridgehead atoms. The highest BCUT2D eigenvalue weighted by Crippen LogP contribution is 2.40. The lowest BCUT2D eigenvalue weighted by Crippen LogP contribution is -2.16. The number of hydrogen-bond acceptors (Lipinski definition) is 6. The molecule has 0 fully saturated rings. The zero-order valence-corrected chi connectivity index (χ0v) is 15.4. The number of carbonyl (C=O) groups is 2. The molecule has 1 amide bonds. The molecule has 1 N–H and O–H groups in total. The van der Waals surface area contributed by atoms with Crippen LogP contribution in [0, 0.1) is 10.1 Å². The number of benzene rings is 1. The number of fused-ring (bicyclic) bond motifs is 1. The van der Waals surface area contributed by atoms with Gasteiger partial charge in [0.2, 0.25) is 0 Å². The molecular weight excluding hydrogens is 380 g/mol. The van der Waals surface area contributed by atoms with E-state index < -0.39 is 16.8 Å². The number of anilines is 1. The van der Waals surface area contributed by atoms with Gasteiger partial charge >= 0.3 is 5.97 Å². The number of nitro benzene ring substituents is 1. The highest BCUT2D eigenvalue weighted by atomic mass is 35.5. The van der Waals surface area contributed by atoms with Crippen LogP contribution >= 0.6 is 22.9 Å². The molecule has 2 aromatic rings. The Morgan fingerprint density at radius 1 is 1.38 bits per heavy atom. The summed E-state index contributed by atoms with van der Waals surface area (Å²) < 4.78 is 5.11. The maximum absolute atomic E-state index is 12.6. The highest BCUT2D eigenvalue weighted by molar-refractivity contribution is 7.17. The molecule has 0 aliphatic heterocycles. The zero-order chi connectivity index (χ0) is 18.8. The second-order valence-electron chi connectivity index (χ2n) is 5.65. The van der Waals surface area contributed by atoms with Gasteiger partial charge in [-0.15, -0.1) is 11.3 Å². The summed E-state index contributed by atoms with van der Waals surface area (Å²) in [6.45, 7) is 1.93. The normalized spacial score (nSPS) is 12.5. The van der Waals surface area contributed by atoms with E-state index in [1.165, 1.54) is 29.5 Å². The van der Waals surface area contributed by atoms with Crippen molar-refractivity contribution in [1.29, 1.82) is 0 Å². The summed E-state index contributed by atoms with van der Waals surface area (Å²) in [6.07, 6.45) is 2.52. The second-order valence-corrected chi connectivity index (χ2v) is 7.20. The number of rotatable bonds is 5. The molecule has 1 aromatic heterocycles. The Labute approximate surface area is 158 Å². The summed E-state index contributed by atoms with van der Waals surface area (Å²) in [5.74, 6) is -1.19. The van der Waals surface area contributed by atoms with Crippen molar-refractivity contribution >= 4 is 45.5 Å². The molecule has 1 aromatic carbocycles. The quantitative estimate of drug-likeness (QED) is 0.465. The van der Waals surface area contributed by atoms with Crippen molar-refractivity contribution in [1.82, 2.24) is 0 Å². The standard InChI is InChI=1S/C17H15ClN2O5S/c1-2-25-17(22)14-10-4-3-5-13(10)26-16(14)19-15(21)11-8-9(18)6-7-12(11)20(23)24/h6-8H,2-5H2,1H3,(H,19,21). The number of ether oxygens (including phenoxy) is 1. The van der Waals surface area contributed by atoms with E-state index in [1.807, 2.05) is 0 Å². The Morgan fingerprint density at radius 2 is 2.15 bits per heavy atom. The van der Waals surface area contributed by atoms with Crippen molar-refractivity contribution in [3.05, 3.63) is 54.9 Å². The summed E-state index contributed by atoms with van der Waals surface area (Å²) in [6, 6.07) is 3.76. The van der Waals surface area contributed by atoms with Gasteiger partial charge in [0.05, 0.1) is 17.1 Å². The minimum absolute atomic E-state index is 0.161. The van der Waals surface area contributed by atoms with Crippen LogP contribution < -0.4 is 5.32 Å². The van der Waals surface area contributed by atoms with E-state index in [4.69, 9.17) is 16.3 Å². The predicted octanol–water partition coefficient (Wildman–Crippen LogP) is 4.23. The summed E-state index contributed by atoms with van der Waals surface area (Å²) in [5.41, 5.74) is 0.728. The van der Waals surface area contributed by atoms with Gasteiger partial charge in [0.1, 0.15) is 10.6 Å². The topological polar surface area (TPSA) is 98.5 Å². The molecule has 0 saturated carbocycles. The van der Waals surface area contributed by atoms with Crippen LogP contribution in [0.3, 0.4) is 0 Å². The number of nitro groups is 1. The van der Waals surface area contributed by atoms with Gasteiger partial charge in [0, 0.05) is 16.0 Å². The fourth-order valence-corrected chi connectivity index (χ4v) is 4.38. The molecule has 7 nitrogen and oxygen atoms in total. The number of aryl methyl sites for hydroxylation is 1. The third-order valence-corrected chi connectivity index (χ3v) is 5.47. The maximum Gasteiger partial charge on any atom is 0.341 e. The van der Waals surface area contributed by atoms with Gasteiger partial charge in [0.15, 0.2) is 0 Å². The lowest BCUT2D eigenvalue weighted by atomic mass is 10.1. The molecule has 1 aliphatic rings. The van der Waals surface area contributed by atoms with Gasteiger partial charge in [-0.3, -0.25) is 14.9 Å². The van der Waals surface area contributed by atoms with Crippen LogP contribution in [0.5, 0.6) is 0 Å². The van der Waals surface area contributed by atoms with E-state index in [0.717, 1.165) is 29.7 Å². The van der Waals surface area contributed by atoms with Crippen LogP contribution in [0.4, 0.5) is 10.7 Å². The molecular formula is C17H15ClN2O5S. The van der Waals surface area contributed by atoms with Crippen LogP contribution in [0.1, 0.15) is 44.5 Å². The largest absolute Gasteiger partial charge is 0.462 e. The molecule has 0 saturated heterocycles. The number of amides is 1. The van der Waals surface area contributed by atoms with Gasteiger partial charge in [-0.2, -0.15) is 0 Å². The SMILES string of the molecule is CCOC(=O)c1c(NC(=O)c2cc(Cl)ccc2[N+](=O)[O-])sc2c1CCC2. The summed E-state index contributed by atoms with van der Waals surface area (Å²) in [4.78, 5) is 36.5. The first kappa shape index (κ1) is 18.3. The van der Waals surface area contributed by atoms with Gasteiger partial charge in [-0.25, -0.2) is 4.79 Å². The summed E-state index contributed by atoms with van der Waals surface area (Å²) in [7, 11) is 0. The Bertz CT molecular complexity index is 909. The van der Waals surface area contributed by atoms with Crippen LogP contribution in [0.25, 0.3) is 0 Å². The first-order chi connectivity index (χ1) is 12.4. The summed E-state index contributed by atoms with van der Waals surface area (Å²) in [5, 5.41) is 14.4. The molecule has 3 rings (SSSR count). The molecule has 0 atom stereocenters. The number of halogens is 1. The minimum atomic E-state index is -0.690. The van der Waals surface area contributed by atoms with Crippen molar-refractivity contribution in [3.8, 4) is 0 Å². The molecule has 1 aliphatic carbocycles. The molecule has 1 heterocycles. The Kier molecular flexibility index (Phi) is 5.24. The number of thiophene rings is 1. The van der Waals surface area contributed by atoms with Gasteiger partial charge in [-0.1, -0.05) is 11.6 Å². The highest BCUT2D eigenvalue weighted by Gasteiger charge is 2.29. The van der Waals surface area contributed by atoms with Crippen molar-refractivity contribution in [2.75, 3.05) is 11.9 Å². The Hall–Kier alpha value is -2.45.